The third-order valence-electron chi connectivity index (χ3n) is 2.80. The van der Waals surface area contributed by atoms with Crippen LogP contribution in [0.1, 0.15) is 10.7 Å². The summed E-state index contributed by atoms with van der Waals surface area (Å²) in [5.74, 6) is 0.540. The van der Waals surface area contributed by atoms with E-state index in [-0.39, 0.29) is 5.91 Å². The highest BCUT2D eigenvalue weighted by atomic mass is 79.9. The van der Waals surface area contributed by atoms with Gasteiger partial charge < -0.3 is 5.32 Å². The molecular weight excluding hydrogens is 352 g/mol. The normalized spacial score (nSPS) is 11.3. The molecule has 0 aliphatic heterocycles. The predicted molar refractivity (Wildman–Crippen MR) is 85.9 cm³/mol. The van der Waals surface area contributed by atoms with Crippen LogP contribution in [0.25, 0.3) is 11.7 Å². The molecule has 7 heteroatoms. The molecule has 0 fully saturated rings. The molecular formula is C14H11BrN4OS. The third-order valence-corrected chi connectivity index (χ3v) is 4.39. The van der Waals surface area contributed by atoms with Crippen molar-refractivity contribution < 1.29 is 4.79 Å². The summed E-state index contributed by atoms with van der Waals surface area (Å²) in [5.41, 5.74) is 0.765. The fraction of sp³-hybridized carbons (Fsp3) is 0.0714. The molecule has 0 atom stereocenters. The lowest BCUT2D eigenvalue weighted by atomic mass is 10.4. The number of carbonyl (C=O) groups is 1. The van der Waals surface area contributed by atoms with Crippen molar-refractivity contribution in [3.05, 3.63) is 57.1 Å². The molecule has 5 nitrogen and oxygen atoms in total. The van der Waals surface area contributed by atoms with Gasteiger partial charge in [-0.3, -0.25) is 9.20 Å². The summed E-state index contributed by atoms with van der Waals surface area (Å²) in [6.07, 6.45) is 5.17. The summed E-state index contributed by atoms with van der Waals surface area (Å²) < 4.78 is 2.89. The van der Waals surface area contributed by atoms with Gasteiger partial charge in [0.25, 0.3) is 0 Å². The smallest absolute Gasteiger partial charge is 0.244 e. The van der Waals surface area contributed by atoms with Crippen LogP contribution < -0.4 is 5.32 Å². The Bertz CT molecular complexity index is 808. The molecule has 3 heterocycles. The quantitative estimate of drug-likeness (QED) is 0.726. The largest absolute Gasteiger partial charge is 0.345 e. The second kappa shape index (κ2) is 6.19. The zero-order chi connectivity index (χ0) is 14.7. The highest BCUT2D eigenvalue weighted by molar-refractivity contribution is 9.11. The highest BCUT2D eigenvalue weighted by Crippen LogP contribution is 2.22. The van der Waals surface area contributed by atoms with Crippen LogP contribution in [0.5, 0.6) is 0 Å². The Morgan fingerprint density at radius 2 is 2.24 bits per heavy atom. The summed E-state index contributed by atoms with van der Waals surface area (Å²) in [6, 6.07) is 9.56. The van der Waals surface area contributed by atoms with E-state index in [1.807, 2.05) is 40.9 Å². The fourth-order valence-electron chi connectivity index (χ4n) is 1.81. The molecule has 0 aromatic carbocycles. The number of rotatable bonds is 4. The van der Waals surface area contributed by atoms with Crippen LogP contribution in [0, 0.1) is 0 Å². The minimum Gasteiger partial charge on any atom is -0.345 e. The van der Waals surface area contributed by atoms with Crippen LogP contribution in [-0.2, 0) is 11.3 Å². The molecule has 106 valence electrons. The van der Waals surface area contributed by atoms with Gasteiger partial charge >= 0.3 is 0 Å². The number of nitrogens with zero attached hydrogens (tertiary/aromatic N) is 3. The maximum Gasteiger partial charge on any atom is 0.244 e. The minimum atomic E-state index is -0.160. The van der Waals surface area contributed by atoms with Crippen LogP contribution in [0.15, 0.2) is 46.4 Å². The molecule has 0 aliphatic rings. The molecule has 3 aromatic heterocycles. The van der Waals surface area contributed by atoms with Gasteiger partial charge in [-0.15, -0.1) is 21.5 Å². The van der Waals surface area contributed by atoms with Gasteiger partial charge in [-0.2, -0.15) is 0 Å². The molecule has 0 bridgehead atoms. The first kappa shape index (κ1) is 14.0. The standard InChI is InChI=1S/C14H11BrN4OS/c15-11-6-4-10(21-11)5-7-14(20)16-9-13-18-17-12-3-1-2-8-19(12)13/h1-8H,9H2,(H,16,20). The molecule has 0 spiro atoms. The molecule has 1 amide bonds. The first-order valence-corrected chi connectivity index (χ1v) is 7.83. The lowest BCUT2D eigenvalue weighted by Gasteiger charge is -2.00. The zero-order valence-electron chi connectivity index (χ0n) is 10.9. The number of pyridine rings is 1. The second-order valence-corrected chi connectivity index (χ2v) is 6.73. The summed E-state index contributed by atoms with van der Waals surface area (Å²) in [5, 5.41) is 10.9. The van der Waals surface area contributed by atoms with E-state index in [4.69, 9.17) is 0 Å². The van der Waals surface area contributed by atoms with Gasteiger partial charge in [-0.25, -0.2) is 0 Å². The number of aromatic nitrogens is 3. The molecule has 0 saturated carbocycles. The van der Waals surface area contributed by atoms with E-state index in [1.54, 1.807) is 17.4 Å². The van der Waals surface area contributed by atoms with Gasteiger partial charge in [-0.1, -0.05) is 6.07 Å². The number of hydrogen-bond acceptors (Lipinski definition) is 4. The van der Waals surface area contributed by atoms with Crippen molar-refractivity contribution in [2.45, 2.75) is 6.54 Å². The van der Waals surface area contributed by atoms with Crippen molar-refractivity contribution in [3.8, 4) is 0 Å². The number of amides is 1. The SMILES string of the molecule is O=C(C=Cc1ccc(Br)s1)NCc1nnc2ccccn12. The van der Waals surface area contributed by atoms with E-state index >= 15 is 0 Å². The summed E-state index contributed by atoms with van der Waals surface area (Å²) in [4.78, 5) is 12.8. The lowest BCUT2D eigenvalue weighted by Crippen LogP contribution is -2.21. The predicted octanol–water partition coefficient (Wildman–Crippen LogP) is 2.88. The Morgan fingerprint density at radius 3 is 3.05 bits per heavy atom. The van der Waals surface area contributed by atoms with Gasteiger partial charge in [0.1, 0.15) is 0 Å². The minimum absolute atomic E-state index is 0.160. The van der Waals surface area contributed by atoms with E-state index in [1.165, 1.54) is 6.08 Å². The highest BCUT2D eigenvalue weighted by Gasteiger charge is 2.05. The Kier molecular flexibility index (Phi) is 4.12. The fourth-order valence-corrected chi connectivity index (χ4v) is 3.14. The van der Waals surface area contributed by atoms with E-state index in [0.29, 0.717) is 12.4 Å². The van der Waals surface area contributed by atoms with Gasteiger partial charge in [0.2, 0.25) is 5.91 Å². The maximum atomic E-state index is 11.8. The molecule has 3 aromatic rings. The van der Waals surface area contributed by atoms with E-state index < -0.39 is 0 Å². The first-order valence-electron chi connectivity index (χ1n) is 6.22. The average molecular weight is 363 g/mol. The Morgan fingerprint density at radius 1 is 1.33 bits per heavy atom. The number of fused-ring (bicyclic) bond motifs is 1. The van der Waals surface area contributed by atoms with E-state index in [9.17, 15) is 4.79 Å². The maximum absolute atomic E-state index is 11.8. The third kappa shape index (κ3) is 3.37. The van der Waals surface area contributed by atoms with Crippen LogP contribution in [0.4, 0.5) is 0 Å². The number of hydrogen-bond donors (Lipinski definition) is 1. The molecule has 0 unspecified atom stereocenters. The van der Waals surface area contributed by atoms with Crippen LogP contribution in [0.3, 0.4) is 0 Å². The Labute approximate surface area is 133 Å². The van der Waals surface area contributed by atoms with Gasteiger partial charge in [0.15, 0.2) is 11.5 Å². The van der Waals surface area contributed by atoms with Crippen molar-refractivity contribution in [2.24, 2.45) is 0 Å². The average Bonchev–Trinajstić information content (AvgIpc) is 3.09. The second-order valence-electron chi connectivity index (χ2n) is 4.24. The molecule has 1 N–H and O–H groups in total. The van der Waals surface area contributed by atoms with E-state index in [2.05, 4.69) is 31.4 Å². The van der Waals surface area contributed by atoms with Crippen molar-refractivity contribution in [3.63, 3.8) is 0 Å². The molecule has 0 aliphatic carbocycles. The molecule has 21 heavy (non-hydrogen) atoms. The van der Waals surface area contributed by atoms with Gasteiger partial charge in [0, 0.05) is 17.2 Å². The lowest BCUT2D eigenvalue weighted by molar-refractivity contribution is -0.116. The number of nitrogens with one attached hydrogen (secondary N) is 1. The van der Waals surface area contributed by atoms with Crippen LogP contribution in [-0.4, -0.2) is 20.5 Å². The number of thiophene rings is 1. The summed E-state index contributed by atoms with van der Waals surface area (Å²) in [7, 11) is 0. The number of halogens is 1. The van der Waals surface area contributed by atoms with E-state index in [0.717, 1.165) is 14.3 Å². The van der Waals surface area contributed by atoms with Crippen molar-refractivity contribution >= 4 is 44.9 Å². The van der Waals surface area contributed by atoms with Crippen LogP contribution in [0.2, 0.25) is 0 Å². The Hall–Kier alpha value is -1.99. The summed E-state index contributed by atoms with van der Waals surface area (Å²) >= 11 is 4.96. The van der Waals surface area contributed by atoms with Crippen LogP contribution >= 0.6 is 27.3 Å². The molecule has 3 rings (SSSR count). The molecule has 0 saturated heterocycles. The van der Waals surface area contributed by atoms with Crippen molar-refractivity contribution in [2.75, 3.05) is 0 Å². The number of carbonyl (C=O) groups excluding carboxylic acids is 1. The van der Waals surface area contributed by atoms with Gasteiger partial charge in [-0.05, 0) is 46.3 Å². The zero-order valence-corrected chi connectivity index (χ0v) is 13.3. The summed E-state index contributed by atoms with van der Waals surface area (Å²) in [6.45, 7) is 0.336. The molecule has 0 radical (unpaired) electrons. The first-order chi connectivity index (χ1) is 10.2. The van der Waals surface area contributed by atoms with Crippen molar-refractivity contribution in [1.82, 2.24) is 19.9 Å². The Balaban J connectivity index is 1.62. The van der Waals surface area contributed by atoms with Gasteiger partial charge in [0.05, 0.1) is 10.3 Å². The van der Waals surface area contributed by atoms with Crippen molar-refractivity contribution in [1.29, 1.82) is 0 Å². The topological polar surface area (TPSA) is 59.3 Å². The monoisotopic (exact) mass is 362 g/mol.